The summed E-state index contributed by atoms with van der Waals surface area (Å²) >= 11 is 0. The summed E-state index contributed by atoms with van der Waals surface area (Å²) in [5.74, 6) is 0.907. The molecule has 0 aromatic carbocycles. The maximum atomic E-state index is 8.72. The molecule has 2 rings (SSSR count). The highest BCUT2D eigenvalue weighted by Crippen LogP contribution is 2.27. The van der Waals surface area contributed by atoms with Gasteiger partial charge in [-0.2, -0.15) is 5.26 Å². The SMILES string of the molecule is N#Cc1cc(NCCC2CCCC2)ccn1. The van der Waals surface area contributed by atoms with E-state index in [1.165, 1.54) is 32.1 Å². The molecule has 0 radical (unpaired) electrons. The third-order valence-corrected chi connectivity index (χ3v) is 3.23. The van der Waals surface area contributed by atoms with Gasteiger partial charge in [-0.3, -0.25) is 0 Å². The second-order valence-electron chi connectivity index (χ2n) is 4.41. The molecule has 0 amide bonds. The van der Waals surface area contributed by atoms with Gasteiger partial charge in [-0.15, -0.1) is 0 Å². The van der Waals surface area contributed by atoms with Crippen molar-refractivity contribution in [3.05, 3.63) is 24.0 Å². The first-order chi connectivity index (χ1) is 7.88. The molecule has 1 fully saturated rings. The Morgan fingerprint density at radius 3 is 3.00 bits per heavy atom. The average molecular weight is 215 g/mol. The first-order valence-electron chi connectivity index (χ1n) is 5.98. The van der Waals surface area contributed by atoms with Crippen LogP contribution in [0.15, 0.2) is 18.3 Å². The second-order valence-corrected chi connectivity index (χ2v) is 4.41. The maximum absolute atomic E-state index is 8.72. The zero-order valence-electron chi connectivity index (χ0n) is 9.45. The van der Waals surface area contributed by atoms with Crippen LogP contribution < -0.4 is 5.32 Å². The van der Waals surface area contributed by atoms with Gasteiger partial charge in [0, 0.05) is 18.4 Å². The van der Waals surface area contributed by atoms with E-state index in [-0.39, 0.29) is 0 Å². The summed E-state index contributed by atoms with van der Waals surface area (Å²) in [6.45, 7) is 1.000. The van der Waals surface area contributed by atoms with E-state index in [1.54, 1.807) is 12.3 Å². The predicted molar refractivity (Wildman–Crippen MR) is 64.0 cm³/mol. The molecule has 1 saturated carbocycles. The van der Waals surface area contributed by atoms with Crippen molar-refractivity contribution in [3.8, 4) is 6.07 Å². The van der Waals surface area contributed by atoms with Gasteiger partial charge in [0.1, 0.15) is 11.8 Å². The van der Waals surface area contributed by atoms with Gasteiger partial charge in [0.05, 0.1) is 0 Å². The predicted octanol–water partition coefficient (Wildman–Crippen LogP) is 2.95. The average Bonchev–Trinajstić information content (AvgIpc) is 2.82. The van der Waals surface area contributed by atoms with Gasteiger partial charge >= 0.3 is 0 Å². The minimum absolute atomic E-state index is 0.478. The Balaban J connectivity index is 1.78. The van der Waals surface area contributed by atoms with Crippen LogP contribution in [-0.2, 0) is 0 Å². The molecule has 0 atom stereocenters. The van der Waals surface area contributed by atoms with Crippen LogP contribution in [0.25, 0.3) is 0 Å². The van der Waals surface area contributed by atoms with Gasteiger partial charge in [0.2, 0.25) is 0 Å². The molecule has 1 heterocycles. The molecule has 84 valence electrons. The fourth-order valence-electron chi connectivity index (χ4n) is 2.32. The number of nitriles is 1. The third-order valence-electron chi connectivity index (χ3n) is 3.23. The molecular formula is C13H17N3. The van der Waals surface area contributed by atoms with E-state index in [0.29, 0.717) is 5.69 Å². The van der Waals surface area contributed by atoms with Crippen molar-refractivity contribution in [1.82, 2.24) is 4.98 Å². The quantitative estimate of drug-likeness (QED) is 0.840. The fraction of sp³-hybridized carbons (Fsp3) is 0.538. The van der Waals surface area contributed by atoms with E-state index in [4.69, 9.17) is 5.26 Å². The molecule has 0 unspecified atom stereocenters. The Morgan fingerprint density at radius 2 is 2.25 bits per heavy atom. The first kappa shape index (κ1) is 10.9. The number of nitrogens with zero attached hydrogens (tertiary/aromatic N) is 2. The standard InChI is InChI=1S/C13H17N3/c14-10-13-9-12(6-8-16-13)15-7-5-11-3-1-2-4-11/h6,8-9,11H,1-5,7H2,(H,15,16). The van der Waals surface area contributed by atoms with Gasteiger partial charge < -0.3 is 5.32 Å². The smallest absolute Gasteiger partial charge is 0.142 e. The van der Waals surface area contributed by atoms with Crippen LogP contribution in [0.3, 0.4) is 0 Å². The summed E-state index contributed by atoms with van der Waals surface area (Å²) in [7, 11) is 0. The van der Waals surface area contributed by atoms with Crippen molar-refractivity contribution in [2.45, 2.75) is 32.1 Å². The summed E-state index contributed by atoms with van der Waals surface area (Å²) < 4.78 is 0. The lowest BCUT2D eigenvalue weighted by atomic mass is 10.0. The second kappa shape index (κ2) is 5.50. The Labute approximate surface area is 96.5 Å². The number of nitrogens with one attached hydrogen (secondary N) is 1. The normalized spacial score (nSPS) is 15.9. The largest absolute Gasteiger partial charge is 0.385 e. The summed E-state index contributed by atoms with van der Waals surface area (Å²) in [5.41, 5.74) is 1.48. The van der Waals surface area contributed by atoms with Crippen LogP contribution >= 0.6 is 0 Å². The molecular weight excluding hydrogens is 198 g/mol. The fourth-order valence-corrected chi connectivity index (χ4v) is 2.32. The van der Waals surface area contributed by atoms with E-state index < -0.39 is 0 Å². The van der Waals surface area contributed by atoms with Gasteiger partial charge in [-0.25, -0.2) is 4.98 Å². The molecule has 1 N–H and O–H groups in total. The summed E-state index contributed by atoms with van der Waals surface area (Å²) in [6.07, 6.45) is 8.50. The topological polar surface area (TPSA) is 48.7 Å². The molecule has 0 bridgehead atoms. The Kier molecular flexibility index (Phi) is 3.76. The van der Waals surface area contributed by atoms with Gasteiger partial charge in [-0.1, -0.05) is 25.7 Å². The molecule has 1 aromatic rings. The number of rotatable bonds is 4. The van der Waals surface area contributed by atoms with Crippen molar-refractivity contribution in [3.63, 3.8) is 0 Å². The number of hydrogen-bond donors (Lipinski definition) is 1. The summed E-state index contributed by atoms with van der Waals surface area (Å²) in [6, 6.07) is 5.76. The Hall–Kier alpha value is -1.56. The highest BCUT2D eigenvalue weighted by Gasteiger charge is 2.13. The molecule has 1 aliphatic rings. The Bertz CT molecular complexity index is 375. The van der Waals surface area contributed by atoms with Crippen molar-refractivity contribution in [2.24, 2.45) is 5.92 Å². The van der Waals surface area contributed by atoms with Crippen molar-refractivity contribution < 1.29 is 0 Å². The summed E-state index contributed by atoms with van der Waals surface area (Å²) in [5, 5.41) is 12.1. The van der Waals surface area contributed by atoms with Crippen LogP contribution in [0.1, 0.15) is 37.8 Å². The molecule has 1 aliphatic carbocycles. The highest BCUT2D eigenvalue weighted by atomic mass is 14.9. The van der Waals surface area contributed by atoms with E-state index >= 15 is 0 Å². The van der Waals surface area contributed by atoms with Gasteiger partial charge in [-0.05, 0) is 24.5 Å². The molecule has 0 saturated heterocycles. The van der Waals surface area contributed by atoms with Gasteiger partial charge in [0.25, 0.3) is 0 Å². The molecule has 16 heavy (non-hydrogen) atoms. The monoisotopic (exact) mass is 215 g/mol. The minimum Gasteiger partial charge on any atom is -0.385 e. The molecule has 0 aliphatic heterocycles. The van der Waals surface area contributed by atoms with Crippen LogP contribution in [0.2, 0.25) is 0 Å². The highest BCUT2D eigenvalue weighted by molar-refractivity contribution is 5.45. The lowest BCUT2D eigenvalue weighted by Crippen LogP contribution is -2.06. The van der Waals surface area contributed by atoms with Crippen LogP contribution in [0.4, 0.5) is 5.69 Å². The van der Waals surface area contributed by atoms with Crippen LogP contribution in [0.5, 0.6) is 0 Å². The van der Waals surface area contributed by atoms with Crippen molar-refractivity contribution in [2.75, 3.05) is 11.9 Å². The molecule has 1 aromatic heterocycles. The number of anilines is 1. The Morgan fingerprint density at radius 1 is 1.44 bits per heavy atom. The van der Waals surface area contributed by atoms with Crippen LogP contribution in [0, 0.1) is 17.2 Å². The van der Waals surface area contributed by atoms with E-state index in [2.05, 4.69) is 10.3 Å². The number of aromatic nitrogens is 1. The van der Waals surface area contributed by atoms with E-state index in [0.717, 1.165) is 18.2 Å². The third kappa shape index (κ3) is 2.96. The zero-order valence-corrected chi connectivity index (χ0v) is 9.45. The van der Waals surface area contributed by atoms with Crippen LogP contribution in [-0.4, -0.2) is 11.5 Å². The lowest BCUT2D eigenvalue weighted by Gasteiger charge is -2.10. The van der Waals surface area contributed by atoms with Crippen molar-refractivity contribution >= 4 is 5.69 Å². The number of hydrogen-bond acceptors (Lipinski definition) is 3. The van der Waals surface area contributed by atoms with Gasteiger partial charge in [0.15, 0.2) is 0 Å². The van der Waals surface area contributed by atoms with E-state index in [1.807, 2.05) is 12.1 Å². The van der Waals surface area contributed by atoms with Crippen molar-refractivity contribution in [1.29, 1.82) is 5.26 Å². The lowest BCUT2D eigenvalue weighted by molar-refractivity contribution is 0.518. The molecule has 3 heteroatoms. The molecule has 3 nitrogen and oxygen atoms in total. The minimum atomic E-state index is 0.478. The number of pyridine rings is 1. The maximum Gasteiger partial charge on any atom is 0.142 e. The zero-order chi connectivity index (χ0) is 11.2. The summed E-state index contributed by atoms with van der Waals surface area (Å²) in [4.78, 5) is 3.94. The van der Waals surface area contributed by atoms with E-state index in [9.17, 15) is 0 Å². The molecule has 0 spiro atoms. The first-order valence-corrected chi connectivity index (χ1v) is 5.98.